The number of hydrogen-bond donors (Lipinski definition) is 0. The summed E-state index contributed by atoms with van der Waals surface area (Å²) in [5.41, 5.74) is 1.97. The number of imidazole rings is 1. The maximum Gasteiger partial charge on any atom is 0.224 e. The quantitative estimate of drug-likeness (QED) is 0.819. The van der Waals surface area contributed by atoms with Crippen LogP contribution in [-0.4, -0.2) is 34.0 Å². The van der Waals surface area contributed by atoms with E-state index in [0.29, 0.717) is 25.9 Å². The summed E-state index contributed by atoms with van der Waals surface area (Å²) in [6, 6.07) is 9.89. The Hall–Kier alpha value is -2.35. The van der Waals surface area contributed by atoms with Gasteiger partial charge >= 0.3 is 0 Å². The molecule has 1 aromatic carbocycles. The van der Waals surface area contributed by atoms with Gasteiger partial charge in [-0.1, -0.05) is 12.1 Å². The van der Waals surface area contributed by atoms with Crippen LogP contribution in [0.4, 0.5) is 0 Å². The van der Waals surface area contributed by atoms with Gasteiger partial charge in [0.15, 0.2) is 0 Å². The molecule has 1 heterocycles. The normalized spacial score (nSPS) is 10.3. The Kier molecular flexibility index (Phi) is 4.14. The van der Waals surface area contributed by atoms with E-state index in [4.69, 9.17) is 5.26 Å². The number of carbonyl (C=O) groups excluding carboxylic acids is 1. The van der Waals surface area contributed by atoms with E-state index in [2.05, 4.69) is 4.98 Å². The minimum Gasteiger partial charge on any atom is -0.345 e. The number of hydrogen-bond acceptors (Lipinski definition) is 3. The first kappa shape index (κ1) is 13.1. The summed E-state index contributed by atoms with van der Waals surface area (Å²) >= 11 is 0. The van der Waals surface area contributed by atoms with Gasteiger partial charge in [-0.05, 0) is 12.1 Å². The van der Waals surface area contributed by atoms with Gasteiger partial charge in [0.2, 0.25) is 5.91 Å². The number of amides is 1. The van der Waals surface area contributed by atoms with E-state index in [9.17, 15) is 4.79 Å². The van der Waals surface area contributed by atoms with Crippen molar-refractivity contribution in [3.8, 4) is 6.07 Å². The number of benzene rings is 1. The van der Waals surface area contributed by atoms with Crippen LogP contribution in [0.2, 0.25) is 0 Å². The Labute approximate surface area is 112 Å². The van der Waals surface area contributed by atoms with Gasteiger partial charge < -0.3 is 9.47 Å². The molecule has 0 saturated heterocycles. The number of carbonyl (C=O) groups is 1. The fourth-order valence-electron chi connectivity index (χ4n) is 1.94. The molecule has 2 rings (SSSR count). The molecule has 0 bridgehead atoms. The lowest BCUT2D eigenvalue weighted by atomic mass is 10.3. The van der Waals surface area contributed by atoms with Gasteiger partial charge in [0, 0.05) is 26.6 Å². The van der Waals surface area contributed by atoms with E-state index < -0.39 is 0 Å². The molecule has 0 aliphatic rings. The van der Waals surface area contributed by atoms with Crippen LogP contribution < -0.4 is 0 Å². The van der Waals surface area contributed by atoms with Crippen LogP contribution in [0.5, 0.6) is 0 Å². The van der Waals surface area contributed by atoms with Crippen molar-refractivity contribution in [1.82, 2.24) is 14.5 Å². The van der Waals surface area contributed by atoms with Crippen molar-refractivity contribution in [2.24, 2.45) is 0 Å². The Morgan fingerprint density at radius 3 is 3.05 bits per heavy atom. The van der Waals surface area contributed by atoms with E-state index in [-0.39, 0.29) is 5.91 Å². The van der Waals surface area contributed by atoms with Crippen molar-refractivity contribution < 1.29 is 4.79 Å². The predicted molar refractivity (Wildman–Crippen MR) is 72.2 cm³/mol. The number of aryl methyl sites for hydroxylation is 1. The van der Waals surface area contributed by atoms with Gasteiger partial charge in [0.1, 0.15) is 0 Å². The summed E-state index contributed by atoms with van der Waals surface area (Å²) in [5.74, 6) is 0.0491. The molecule has 0 radical (unpaired) electrons. The Bertz CT molecular complexity index is 611. The minimum atomic E-state index is 0.0491. The summed E-state index contributed by atoms with van der Waals surface area (Å²) in [6.45, 7) is 1.09. The van der Waals surface area contributed by atoms with Crippen LogP contribution in [0, 0.1) is 11.3 Å². The molecule has 0 fully saturated rings. The molecule has 98 valence electrons. The van der Waals surface area contributed by atoms with Crippen molar-refractivity contribution in [3.05, 3.63) is 30.6 Å². The number of nitrogens with zero attached hydrogens (tertiary/aromatic N) is 4. The van der Waals surface area contributed by atoms with Crippen molar-refractivity contribution in [2.45, 2.75) is 19.4 Å². The zero-order valence-electron chi connectivity index (χ0n) is 10.9. The van der Waals surface area contributed by atoms with Gasteiger partial charge in [-0.15, -0.1) is 0 Å². The third kappa shape index (κ3) is 3.10. The third-order valence-corrected chi connectivity index (χ3v) is 3.08. The molecular formula is C14H16N4O. The summed E-state index contributed by atoms with van der Waals surface area (Å²) in [6.07, 6.45) is 2.55. The second-order valence-electron chi connectivity index (χ2n) is 4.40. The Morgan fingerprint density at radius 2 is 2.26 bits per heavy atom. The molecule has 19 heavy (non-hydrogen) atoms. The number of fused-ring (bicyclic) bond motifs is 1. The molecule has 2 aromatic rings. The average Bonchev–Trinajstić information content (AvgIpc) is 2.85. The highest BCUT2D eigenvalue weighted by molar-refractivity contribution is 5.77. The standard InChI is InChI=1S/C14H16N4O/c1-17(9-4-8-15)14(19)7-10-18-11-16-12-5-2-3-6-13(12)18/h2-3,5-6,11H,4,7,9-10H2,1H3. The zero-order valence-corrected chi connectivity index (χ0v) is 10.9. The van der Waals surface area contributed by atoms with Gasteiger partial charge in [0.25, 0.3) is 0 Å². The lowest BCUT2D eigenvalue weighted by Gasteiger charge is -2.15. The summed E-state index contributed by atoms with van der Waals surface area (Å²) in [5, 5.41) is 8.50. The summed E-state index contributed by atoms with van der Waals surface area (Å²) in [4.78, 5) is 17.7. The second kappa shape index (κ2) is 6.01. The van der Waals surface area contributed by atoms with Crippen LogP contribution >= 0.6 is 0 Å². The van der Waals surface area contributed by atoms with Crippen LogP contribution in [0.15, 0.2) is 30.6 Å². The lowest BCUT2D eigenvalue weighted by molar-refractivity contribution is -0.130. The van der Waals surface area contributed by atoms with Crippen molar-refractivity contribution in [2.75, 3.05) is 13.6 Å². The number of nitriles is 1. The molecule has 0 spiro atoms. The van der Waals surface area contributed by atoms with Gasteiger partial charge in [-0.25, -0.2) is 4.98 Å². The first-order valence-corrected chi connectivity index (χ1v) is 6.23. The molecule has 1 aromatic heterocycles. The van der Waals surface area contributed by atoms with Gasteiger partial charge in [-0.2, -0.15) is 5.26 Å². The van der Waals surface area contributed by atoms with E-state index in [0.717, 1.165) is 11.0 Å². The maximum absolute atomic E-state index is 11.9. The SMILES string of the molecule is CN(CCC#N)C(=O)CCn1cnc2ccccc21. The Morgan fingerprint density at radius 1 is 1.47 bits per heavy atom. The topological polar surface area (TPSA) is 61.9 Å². The molecule has 1 amide bonds. The van der Waals surface area contributed by atoms with Crippen molar-refractivity contribution in [1.29, 1.82) is 5.26 Å². The monoisotopic (exact) mass is 256 g/mol. The first-order valence-electron chi connectivity index (χ1n) is 6.23. The highest BCUT2D eigenvalue weighted by atomic mass is 16.2. The van der Waals surface area contributed by atoms with Crippen molar-refractivity contribution >= 4 is 16.9 Å². The molecule has 5 nitrogen and oxygen atoms in total. The molecule has 0 aliphatic carbocycles. The zero-order chi connectivity index (χ0) is 13.7. The first-order chi connectivity index (χ1) is 9.22. The summed E-state index contributed by atoms with van der Waals surface area (Å²) < 4.78 is 1.98. The maximum atomic E-state index is 11.9. The number of rotatable bonds is 5. The van der Waals surface area contributed by atoms with Crippen LogP contribution in [0.3, 0.4) is 0 Å². The fourth-order valence-corrected chi connectivity index (χ4v) is 1.94. The molecular weight excluding hydrogens is 240 g/mol. The third-order valence-electron chi connectivity index (χ3n) is 3.08. The van der Waals surface area contributed by atoms with E-state index >= 15 is 0 Å². The predicted octanol–water partition coefficient (Wildman–Crippen LogP) is 1.80. The number of aromatic nitrogens is 2. The Balaban J connectivity index is 1.95. The largest absolute Gasteiger partial charge is 0.345 e. The van der Waals surface area contributed by atoms with E-state index in [1.54, 1.807) is 18.3 Å². The lowest BCUT2D eigenvalue weighted by Crippen LogP contribution is -2.28. The van der Waals surface area contributed by atoms with Crippen LogP contribution in [0.1, 0.15) is 12.8 Å². The van der Waals surface area contributed by atoms with E-state index in [1.165, 1.54) is 0 Å². The van der Waals surface area contributed by atoms with Gasteiger partial charge in [-0.3, -0.25) is 4.79 Å². The summed E-state index contributed by atoms with van der Waals surface area (Å²) in [7, 11) is 1.73. The van der Waals surface area contributed by atoms with Crippen LogP contribution in [-0.2, 0) is 11.3 Å². The van der Waals surface area contributed by atoms with Crippen LogP contribution in [0.25, 0.3) is 11.0 Å². The second-order valence-corrected chi connectivity index (χ2v) is 4.40. The highest BCUT2D eigenvalue weighted by Crippen LogP contribution is 2.12. The molecule has 5 heteroatoms. The van der Waals surface area contributed by atoms with E-state index in [1.807, 2.05) is 34.9 Å². The number of para-hydroxylation sites is 2. The molecule has 0 aliphatic heterocycles. The molecule has 0 saturated carbocycles. The smallest absolute Gasteiger partial charge is 0.224 e. The fraction of sp³-hybridized carbons (Fsp3) is 0.357. The molecule has 0 atom stereocenters. The molecule has 0 unspecified atom stereocenters. The average molecular weight is 256 g/mol. The van der Waals surface area contributed by atoms with Gasteiger partial charge in [0.05, 0.1) is 29.9 Å². The molecule has 0 N–H and O–H groups in total. The minimum absolute atomic E-state index is 0.0491. The highest BCUT2D eigenvalue weighted by Gasteiger charge is 2.09. The van der Waals surface area contributed by atoms with Crippen molar-refractivity contribution in [3.63, 3.8) is 0 Å².